The number of hydrogen-bond acceptors (Lipinski definition) is 3. The Bertz CT molecular complexity index is 661. The molecule has 0 saturated heterocycles. The van der Waals surface area contributed by atoms with Gasteiger partial charge in [-0.25, -0.2) is 0 Å². The Morgan fingerprint density at radius 2 is 1.95 bits per heavy atom. The summed E-state index contributed by atoms with van der Waals surface area (Å²) in [5.41, 5.74) is 2.27. The Hall–Kier alpha value is -2.56. The van der Waals surface area contributed by atoms with E-state index in [0.29, 0.717) is 18.0 Å². The van der Waals surface area contributed by atoms with Crippen LogP contribution in [-0.4, -0.2) is 11.8 Å². The van der Waals surface area contributed by atoms with E-state index in [1.807, 2.05) is 26.8 Å². The molecule has 2 amide bonds. The lowest BCUT2D eigenvalue weighted by atomic mass is 10.1. The van der Waals surface area contributed by atoms with E-state index in [4.69, 9.17) is 4.42 Å². The minimum atomic E-state index is -0.301. The second kappa shape index (κ2) is 6.93. The molecule has 0 fully saturated rings. The SMILES string of the molecule is Cc1cc(NC(=O)CC(C)C)ccc1NC(=O)c1ccco1. The summed E-state index contributed by atoms with van der Waals surface area (Å²) in [5.74, 6) is 0.258. The van der Waals surface area contributed by atoms with Crippen LogP contribution < -0.4 is 10.6 Å². The smallest absolute Gasteiger partial charge is 0.291 e. The van der Waals surface area contributed by atoms with Gasteiger partial charge in [0.05, 0.1) is 6.26 Å². The van der Waals surface area contributed by atoms with Gasteiger partial charge in [-0.15, -0.1) is 0 Å². The number of benzene rings is 1. The third-order valence-electron chi connectivity index (χ3n) is 3.10. The molecular weight excluding hydrogens is 280 g/mol. The highest BCUT2D eigenvalue weighted by molar-refractivity contribution is 6.02. The van der Waals surface area contributed by atoms with Gasteiger partial charge in [0, 0.05) is 17.8 Å². The van der Waals surface area contributed by atoms with Crippen LogP contribution in [0.1, 0.15) is 36.4 Å². The van der Waals surface area contributed by atoms with Gasteiger partial charge in [-0.1, -0.05) is 13.8 Å². The number of nitrogens with one attached hydrogen (secondary N) is 2. The molecule has 2 aromatic rings. The standard InChI is InChI=1S/C17H20N2O3/c1-11(2)9-16(20)18-13-6-7-14(12(3)10-13)19-17(21)15-5-4-8-22-15/h4-8,10-11H,9H2,1-3H3,(H,18,20)(H,19,21). The van der Waals surface area contributed by atoms with E-state index in [1.165, 1.54) is 6.26 Å². The lowest BCUT2D eigenvalue weighted by molar-refractivity contribution is -0.116. The first-order valence-electron chi connectivity index (χ1n) is 7.21. The highest BCUT2D eigenvalue weighted by atomic mass is 16.3. The maximum absolute atomic E-state index is 11.9. The largest absolute Gasteiger partial charge is 0.459 e. The van der Waals surface area contributed by atoms with Gasteiger partial charge in [-0.3, -0.25) is 9.59 Å². The fourth-order valence-electron chi connectivity index (χ4n) is 2.06. The lowest BCUT2D eigenvalue weighted by Crippen LogP contribution is -2.15. The van der Waals surface area contributed by atoms with Gasteiger partial charge in [-0.05, 0) is 48.7 Å². The molecule has 2 rings (SSSR count). The highest BCUT2D eigenvalue weighted by Gasteiger charge is 2.11. The topological polar surface area (TPSA) is 71.3 Å². The molecule has 22 heavy (non-hydrogen) atoms. The average Bonchev–Trinajstić information content (AvgIpc) is 2.94. The second-order valence-electron chi connectivity index (χ2n) is 5.61. The van der Waals surface area contributed by atoms with Crippen molar-refractivity contribution in [1.82, 2.24) is 0 Å². The Balaban J connectivity index is 2.03. The molecular formula is C17H20N2O3. The number of hydrogen-bond donors (Lipinski definition) is 2. The number of carbonyl (C=O) groups is 2. The number of anilines is 2. The normalized spacial score (nSPS) is 10.5. The first-order chi connectivity index (χ1) is 10.5. The Morgan fingerprint density at radius 1 is 1.18 bits per heavy atom. The summed E-state index contributed by atoms with van der Waals surface area (Å²) in [6.07, 6.45) is 1.94. The van der Waals surface area contributed by atoms with Crippen molar-refractivity contribution in [2.75, 3.05) is 10.6 Å². The fraction of sp³-hybridized carbons (Fsp3) is 0.294. The number of aryl methyl sites for hydroxylation is 1. The van der Waals surface area contributed by atoms with Crippen LogP contribution in [0.15, 0.2) is 41.0 Å². The molecule has 116 valence electrons. The molecule has 2 N–H and O–H groups in total. The van der Waals surface area contributed by atoms with Crippen LogP contribution in [0, 0.1) is 12.8 Å². The van der Waals surface area contributed by atoms with E-state index in [0.717, 1.165) is 11.3 Å². The molecule has 5 nitrogen and oxygen atoms in total. The molecule has 1 aromatic carbocycles. The van der Waals surface area contributed by atoms with Gasteiger partial charge >= 0.3 is 0 Å². The summed E-state index contributed by atoms with van der Waals surface area (Å²) in [6.45, 7) is 5.87. The maximum Gasteiger partial charge on any atom is 0.291 e. The first-order valence-corrected chi connectivity index (χ1v) is 7.21. The molecule has 1 aromatic heterocycles. The molecule has 0 aliphatic carbocycles. The van der Waals surface area contributed by atoms with E-state index in [2.05, 4.69) is 10.6 Å². The molecule has 0 aliphatic rings. The zero-order chi connectivity index (χ0) is 16.1. The molecule has 0 atom stereocenters. The Kier molecular flexibility index (Phi) is 4.99. The third kappa shape index (κ3) is 4.22. The van der Waals surface area contributed by atoms with Crippen molar-refractivity contribution in [1.29, 1.82) is 0 Å². The predicted octanol–water partition coefficient (Wildman–Crippen LogP) is 3.82. The molecule has 0 spiro atoms. The molecule has 5 heteroatoms. The van der Waals surface area contributed by atoms with Crippen LogP contribution in [0.3, 0.4) is 0 Å². The van der Waals surface area contributed by atoms with Crippen LogP contribution in [0.5, 0.6) is 0 Å². The number of furan rings is 1. The summed E-state index contributed by atoms with van der Waals surface area (Å²) in [4.78, 5) is 23.7. The lowest BCUT2D eigenvalue weighted by Gasteiger charge is -2.11. The monoisotopic (exact) mass is 300 g/mol. The van der Waals surface area contributed by atoms with Crippen molar-refractivity contribution in [3.8, 4) is 0 Å². The van der Waals surface area contributed by atoms with E-state index >= 15 is 0 Å². The number of rotatable bonds is 5. The van der Waals surface area contributed by atoms with Crippen molar-refractivity contribution in [3.05, 3.63) is 47.9 Å². The molecule has 0 radical (unpaired) electrons. The molecule has 0 bridgehead atoms. The first kappa shape index (κ1) is 15.8. The van der Waals surface area contributed by atoms with E-state index in [-0.39, 0.29) is 17.6 Å². The minimum Gasteiger partial charge on any atom is -0.459 e. The van der Waals surface area contributed by atoms with Crippen LogP contribution >= 0.6 is 0 Å². The summed E-state index contributed by atoms with van der Waals surface area (Å²) < 4.78 is 5.05. The van der Waals surface area contributed by atoms with Crippen LogP contribution in [-0.2, 0) is 4.79 Å². The van der Waals surface area contributed by atoms with E-state index in [1.54, 1.807) is 24.3 Å². The van der Waals surface area contributed by atoms with Gasteiger partial charge in [0.15, 0.2) is 5.76 Å². The Labute approximate surface area is 129 Å². The van der Waals surface area contributed by atoms with E-state index in [9.17, 15) is 9.59 Å². The van der Waals surface area contributed by atoms with Crippen molar-refractivity contribution < 1.29 is 14.0 Å². The summed E-state index contributed by atoms with van der Waals surface area (Å²) >= 11 is 0. The minimum absolute atomic E-state index is 0.0122. The zero-order valence-electron chi connectivity index (χ0n) is 13.0. The fourth-order valence-corrected chi connectivity index (χ4v) is 2.06. The van der Waals surface area contributed by atoms with Crippen molar-refractivity contribution in [2.45, 2.75) is 27.2 Å². The molecule has 0 unspecified atom stereocenters. The van der Waals surface area contributed by atoms with Crippen molar-refractivity contribution in [3.63, 3.8) is 0 Å². The van der Waals surface area contributed by atoms with Crippen molar-refractivity contribution in [2.24, 2.45) is 5.92 Å². The van der Waals surface area contributed by atoms with Gasteiger partial charge < -0.3 is 15.1 Å². The van der Waals surface area contributed by atoms with Crippen molar-refractivity contribution >= 4 is 23.2 Å². The number of carbonyl (C=O) groups excluding carboxylic acids is 2. The molecule has 0 aliphatic heterocycles. The number of amides is 2. The van der Waals surface area contributed by atoms with Crippen LogP contribution in [0.2, 0.25) is 0 Å². The summed E-state index contributed by atoms with van der Waals surface area (Å²) in [6, 6.07) is 8.63. The second-order valence-corrected chi connectivity index (χ2v) is 5.61. The maximum atomic E-state index is 11.9. The van der Waals surface area contributed by atoms with Gasteiger partial charge in [0.2, 0.25) is 5.91 Å². The average molecular weight is 300 g/mol. The van der Waals surface area contributed by atoms with Gasteiger partial charge in [0.25, 0.3) is 5.91 Å². The highest BCUT2D eigenvalue weighted by Crippen LogP contribution is 2.21. The summed E-state index contributed by atoms with van der Waals surface area (Å²) in [7, 11) is 0. The molecule has 0 saturated carbocycles. The van der Waals surface area contributed by atoms with Crippen LogP contribution in [0.4, 0.5) is 11.4 Å². The summed E-state index contributed by atoms with van der Waals surface area (Å²) in [5, 5.41) is 5.63. The van der Waals surface area contributed by atoms with E-state index < -0.39 is 0 Å². The molecule has 1 heterocycles. The quantitative estimate of drug-likeness (QED) is 0.881. The zero-order valence-corrected chi connectivity index (χ0v) is 13.0. The van der Waals surface area contributed by atoms with Crippen LogP contribution in [0.25, 0.3) is 0 Å². The third-order valence-corrected chi connectivity index (χ3v) is 3.10. The predicted molar refractivity (Wildman–Crippen MR) is 85.9 cm³/mol. The Morgan fingerprint density at radius 3 is 2.55 bits per heavy atom. The van der Waals surface area contributed by atoms with Gasteiger partial charge in [0.1, 0.15) is 0 Å². The van der Waals surface area contributed by atoms with Gasteiger partial charge in [-0.2, -0.15) is 0 Å².